The smallest absolute Gasteiger partial charge is 0.340 e. The van der Waals surface area contributed by atoms with Crippen LogP contribution in [0.2, 0.25) is 5.02 Å². The normalized spacial score (nSPS) is 10.4. The number of anilines is 1. The molecule has 0 heterocycles. The number of esters is 1. The summed E-state index contributed by atoms with van der Waals surface area (Å²) >= 11 is 5.87. The molecule has 0 aliphatic heterocycles. The van der Waals surface area contributed by atoms with E-state index in [9.17, 15) is 9.59 Å². The lowest BCUT2D eigenvalue weighted by Gasteiger charge is -2.21. The maximum atomic E-state index is 11.8. The molecule has 0 saturated heterocycles. The van der Waals surface area contributed by atoms with Crippen molar-refractivity contribution in [3.8, 4) is 0 Å². The summed E-state index contributed by atoms with van der Waals surface area (Å²) in [4.78, 5) is 24.9. The number of benzene rings is 1. The molecule has 0 aliphatic carbocycles. The highest BCUT2D eigenvalue weighted by molar-refractivity contribution is 6.33. The number of nitrogens with zero attached hydrogens (tertiary/aromatic N) is 1. The van der Waals surface area contributed by atoms with E-state index in [1.807, 2.05) is 13.8 Å². The second kappa shape index (κ2) is 6.43. The molecule has 0 unspecified atom stereocenters. The fraction of sp³-hybridized carbons (Fsp3) is 0.385. The molecule has 0 saturated carbocycles. The first kappa shape index (κ1) is 15.3. The Balaban J connectivity index is 2.66. The predicted octanol–water partition coefficient (Wildman–Crippen LogP) is 1.95. The van der Waals surface area contributed by atoms with Crippen LogP contribution in [0.3, 0.4) is 0 Å². The van der Waals surface area contributed by atoms with E-state index in [1.54, 1.807) is 13.1 Å². The summed E-state index contributed by atoms with van der Waals surface area (Å²) in [5.74, 6) is -0.939. The van der Waals surface area contributed by atoms with E-state index in [4.69, 9.17) is 22.1 Å². The molecular formula is C13H17ClN2O3. The molecular weight excluding hydrogens is 268 g/mol. The van der Waals surface area contributed by atoms with Crippen LogP contribution in [0.5, 0.6) is 0 Å². The maximum Gasteiger partial charge on any atom is 0.340 e. The van der Waals surface area contributed by atoms with Crippen molar-refractivity contribution in [2.75, 3.05) is 19.4 Å². The number of ether oxygens (including phenoxy) is 1. The number of nitrogens with two attached hydrogens (primary N) is 1. The maximum absolute atomic E-state index is 11.8. The van der Waals surface area contributed by atoms with Gasteiger partial charge < -0.3 is 15.4 Å². The van der Waals surface area contributed by atoms with Crippen molar-refractivity contribution < 1.29 is 14.3 Å². The molecule has 0 aliphatic rings. The molecule has 5 nitrogen and oxygen atoms in total. The molecule has 1 aromatic rings. The third kappa shape index (κ3) is 4.13. The van der Waals surface area contributed by atoms with Crippen LogP contribution >= 0.6 is 11.6 Å². The number of rotatable bonds is 4. The first-order valence-electron chi connectivity index (χ1n) is 5.80. The monoisotopic (exact) mass is 284 g/mol. The Morgan fingerprint density at radius 3 is 2.63 bits per heavy atom. The fourth-order valence-corrected chi connectivity index (χ4v) is 1.49. The number of likely N-dealkylation sites (N-methyl/N-ethyl adjacent to an activating group) is 1. The summed E-state index contributed by atoms with van der Waals surface area (Å²) in [6.45, 7) is 3.42. The van der Waals surface area contributed by atoms with Gasteiger partial charge in [-0.05, 0) is 32.0 Å². The summed E-state index contributed by atoms with van der Waals surface area (Å²) in [6.07, 6.45) is 0. The number of amides is 1. The van der Waals surface area contributed by atoms with E-state index >= 15 is 0 Å². The number of hydrogen-bond donors (Lipinski definition) is 1. The fourth-order valence-electron chi connectivity index (χ4n) is 1.29. The van der Waals surface area contributed by atoms with Crippen LogP contribution in [0.15, 0.2) is 18.2 Å². The second-order valence-corrected chi connectivity index (χ2v) is 4.82. The van der Waals surface area contributed by atoms with Crippen molar-refractivity contribution in [2.24, 2.45) is 0 Å². The Kier molecular flexibility index (Phi) is 5.18. The van der Waals surface area contributed by atoms with Crippen LogP contribution in [-0.2, 0) is 9.53 Å². The predicted molar refractivity (Wildman–Crippen MR) is 74.1 cm³/mol. The summed E-state index contributed by atoms with van der Waals surface area (Å²) in [5, 5.41) is 0.240. The van der Waals surface area contributed by atoms with Crippen molar-refractivity contribution in [2.45, 2.75) is 19.9 Å². The van der Waals surface area contributed by atoms with Gasteiger partial charge >= 0.3 is 5.97 Å². The highest BCUT2D eigenvalue weighted by atomic mass is 35.5. The van der Waals surface area contributed by atoms with Crippen LogP contribution in [-0.4, -0.2) is 36.5 Å². The lowest BCUT2D eigenvalue weighted by atomic mass is 10.2. The Hall–Kier alpha value is -1.75. The first-order chi connectivity index (χ1) is 8.82. The van der Waals surface area contributed by atoms with Crippen LogP contribution < -0.4 is 5.73 Å². The molecule has 0 radical (unpaired) electrons. The van der Waals surface area contributed by atoms with Gasteiger partial charge in [0.1, 0.15) is 0 Å². The quantitative estimate of drug-likeness (QED) is 0.677. The van der Waals surface area contributed by atoms with Crippen LogP contribution in [0.25, 0.3) is 0 Å². The summed E-state index contributed by atoms with van der Waals surface area (Å²) in [6, 6.07) is 4.55. The minimum Gasteiger partial charge on any atom is -0.452 e. The van der Waals surface area contributed by atoms with Crippen LogP contribution in [0.1, 0.15) is 24.2 Å². The van der Waals surface area contributed by atoms with Gasteiger partial charge in [-0.2, -0.15) is 0 Å². The Bertz CT molecular complexity index is 489. The topological polar surface area (TPSA) is 72.6 Å². The van der Waals surface area contributed by atoms with Gasteiger partial charge in [-0.1, -0.05) is 11.6 Å². The van der Waals surface area contributed by atoms with Crippen molar-refractivity contribution in [1.29, 1.82) is 0 Å². The third-order valence-corrected chi connectivity index (χ3v) is 3.03. The minimum absolute atomic E-state index is 0.0437. The van der Waals surface area contributed by atoms with E-state index in [0.29, 0.717) is 5.69 Å². The molecule has 0 atom stereocenters. The molecule has 0 aromatic heterocycles. The molecule has 0 fully saturated rings. The Morgan fingerprint density at radius 2 is 2.05 bits per heavy atom. The van der Waals surface area contributed by atoms with Gasteiger partial charge in [0.25, 0.3) is 5.91 Å². The molecule has 19 heavy (non-hydrogen) atoms. The second-order valence-electron chi connectivity index (χ2n) is 4.41. The van der Waals surface area contributed by atoms with Gasteiger partial charge in [-0.15, -0.1) is 0 Å². The average Bonchev–Trinajstić information content (AvgIpc) is 2.37. The van der Waals surface area contributed by atoms with Gasteiger partial charge in [-0.3, -0.25) is 4.79 Å². The van der Waals surface area contributed by atoms with Crippen molar-refractivity contribution in [1.82, 2.24) is 4.90 Å². The van der Waals surface area contributed by atoms with Crippen molar-refractivity contribution in [3.63, 3.8) is 0 Å². The number of hydrogen-bond acceptors (Lipinski definition) is 4. The largest absolute Gasteiger partial charge is 0.452 e. The lowest BCUT2D eigenvalue weighted by molar-refractivity contribution is -0.134. The molecule has 0 spiro atoms. The van der Waals surface area contributed by atoms with Gasteiger partial charge in [0.05, 0.1) is 10.6 Å². The van der Waals surface area contributed by atoms with E-state index < -0.39 is 5.97 Å². The molecule has 104 valence electrons. The minimum atomic E-state index is -0.664. The van der Waals surface area contributed by atoms with Gasteiger partial charge in [0, 0.05) is 18.8 Å². The van der Waals surface area contributed by atoms with Gasteiger partial charge in [-0.25, -0.2) is 4.79 Å². The van der Waals surface area contributed by atoms with Crippen molar-refractivity contribution >= 4 is 29.2 Å². The van der Waals surface area contributed by atoms with Crippen LogP contribution in [0, 0.1) is 0 Å². The molecule has 1 aromatic carbocycles. The molecule has 1 amide bonds. The van der Waals surface area contributed by atoms with E-state index in [0.717, 1.165) is 0 Å². The SMILES string of the molecule is CC(C)N(C)C(=O)COC(=O)c1cc(N)ccc1Cl. The molecule has 1 rings (SSSR count). The molecule has 2 N–H and O–H groups in total. The zero-order valence-electron chi connectivity index (χ0n) is 11.1. The summed E-state index contributed by atoms with van der Waals surface area (Å²) in [5.41, 5.74) is 6.13. The standard InChI is InChI=1S/C13H17ClN2O3/c1-8(2)16(3)12(17)7-19-13(18)10-6-9(15)4-5-11(10)14/h4-6,8H,7,15H2,1-3H3. The third-order valence-electron chi connectivity index (χ3n) is 2.71. The average molecular weight is 285 g/mol. The number of carbonyl (C=O) groups is 2. The highest BCUT2D eigenvalue weighted by Gasteiger charge is 2.17. The van der Waals surface area contributed by atoms with Gasteiger partial charge in [0.15, 0.2) is 6.61 Å². The number of carbonyl (C=O) groups excluding carboxylic acids is 2. The molecule has 0 bridgehead atoms. The number of halogens is 1. The Labute approximate surface area is 117 Å². The zero-order chi connectivity index (χ0) is 14.6. The lowest BCUT2D eigenvalue weighted by Crippen LogP contribution is -2.36. The highest BCUT2D eigenvalue weighted by Crippen LogP contribution is 2.19. The van der Waals surface area contributed by atoms with E-state index in [2.05, 4.69) is 0 Å². The Morgan fingerprint density at radius 1 is 1.42 bits per heavy atom. The first-order valence-corrected chi connectivity index (χ1v) is 6.18. The molecule has 6 heteroatoms. The summed E-state index contributed by atoms with van der Waals surface area (Å²) in [7, 11) is 1.65. The number of nitrogen functional groups attached to an aromatic ring is 1. The van der Waals surface area contributed by atoms with Crippen LogP contribution in [0.4, 0.5) is 5.69 Å². The van der Waals surface area contributed by atoms with E-state index in [1.165, 1.54) is 17.0 Å². The van der Waals surface area contributed by atoms with Gasteiger partial charge in [0.2, 0.25) is 0 Å². The van der Waals surface area contributed by atoms with Crippen molar-refractivity contribution in [3.05, 3.63) is 28.8 Å². The van der Waals surface area contributed by atoms with E-state index in [-0.39, 0.29) is 29.1 Å². The zero-order valence-corrected chi connectivity index (χ0v) is 11.9. The summed E-state index contributed by atoms with van der Waals surface area (Å²) < 4.78 is 4.93.